The number of anilines is 1. The van der Waals surface area contributed by atoms with E-state index in [0.717, 1.165) is 16.9 Å². The molecule has 0 unspecified atom stereocenters. The van der Waals surface area contributed by atoms with E-state index in [1.54, 1.807) is 11.9 Å². The van der Waals surface area contributed by atoms with Gasteiger partial charge in [0.2, 0.25) is 0 Å². The summed E-state index contributed by atoms with van der Waals surface area (Å²) in [5.74, 6) is 0.722. The van der Waals surface area contributed by atoms with Gasteiger partial charge in [-0.3, -0.25) is 4.79 Å². The molecule has 4 nitrogen and oxygen atoms in total. The number of aryl methyl sites for hydroxylation is 2. The van der Waals surface area contributed by atoms with E-state index in [2.05, 4.69) is 0 Å². The van der Waals surface area contributed by atoms with E-state index >= 15 is 0 Å². The van der Waals surface area contributed by atoms with E-state index in [9.17, 15) is 4.79 Å². The lowest BCUT2D eigenvalue weighted by molar-refractivity contribution is -0.131. The first-order valence-corrected chi connectivity index (χ1v) is 5.69. The Morgan fingerprint density at radius 3 is 2.35 bits per heavy atom. The molecule has 0 bridgehead atoms. The van der Waals surface area contributed by atoms with Gasteiger partial charge in [0, 0.05) is 19.3 Å². The molecule has 0 atom stereocenters. The zero-order chi connectivity index (χ0) is 13.0. The fraction of sp³-hybridized carbons (Fsp3) is 0.462. The number of rotatable bonds is 4. The van der Waals surface area contributed by atoms with Crippen molar-refractivity contribution in [3.05, 3.63) is 23.3 Å². The zero-order valence-electron chi connectivity index (χ0n) is 10.9. The standard InChI is InChI=1S/C13H20N2O2/c1-5-15(4)12(16)8-17-13-9(2)6-11(14)7-10(13)3/h6-7H,5,8,14H2,1-4H3. The SMILES string of the molecule is CCN(C)C(=O)COc1c(C)cc(N)cc1C. The Labute approximate surface area is 102 Å². The second-order valence-corrected chi connectivity index (χ2v) is 4.18. The fourth-order valence-corrected chi connectivity index (χ4v) is 1.63. The Hall–Kier alpha value is -1.71. The number of nitrogens with zero attached hydrogens (tertiary/aromatic N) is 1. The van der Waals surface area contributed by atoms with Crippen LogP contribution < -0.4 is 10.5 Å². The number of hydrogen-bond acceptors (Lipinski definition) is 3. The number of carbonyl (C=O) groups is 1. The maximum atomic E-state index is 11.6. The summed E-state index contributed by atoms with van der Waals surface area (Å²) in [6, 6.07) is 3.69. The average Bonchev–Trinajstić information content (AvgIpc) is 2.26. The quantitative estimate of drug-likeness (QED) is 0.810. The first-order valence-electron chi connectivity index (χ1n) is 5.69. The number of amides is 1. The Morgan fingerprint density at radius 2 is 1.88 bits per heavy atom. The third-order valence-electron chi connectivity index (χ3n) is 2.72. The lowest BCUT2D eigenvalue weighted by Gasteiger charge is -2.17. The van der Waals surface area contributed by atoms with Gasteiger partial charge in [-0.05, 0) is 44.0 Å². The summed E-state index contributed by atoms with van der Waals surface area (Å²) in [6.07, 6.45) is 0. The van der Waals surface area contributed by atoms with E-state index in [1.807, 2.05) is 32.9 Å². The fourth-order valence-electron chi connectivity index (χ4n) is 1.63. The summed E-state index contributed by atoms with van der Waals surface area (Å²) in [5, 5.41) is 0. The molecule has 2 N–H and O–H groups in total. The summed E-state index contributed by atoms with van der Waals surface area (Å²) in [4.78, 5) is 13.2. The van der Waals surface area contributed by atoms with E-state index in [4.69, 9.17) is 10.5 Å². The third kappa shape index (κ3) is 3.37. The topological polar surface area (TPSA) is 55.6 Å². The van der Waals surface area contributed by atoms with Crippen molar-refractivity contribution in [3.8, 4) is 5.75 Å². The van der Waals surface area contributed by atoms with Crippen molar-refractivity contribution >= 4 is 11.6 Å². The second-order valence-electron chi connectivity index (χ2n) is 4.18. The first kappa shape index (κ1) is 13.4. The van der Waals surface area contributed by atoms with Crippen LogP contribution in [0.15, 0.2) is 12.1 Å². The summed E-state index contributed by atoms with van der Waals surface area (Å²) in [6.45, 7) is 6.52. The van der Waals surface area contributed by atoms with E-state index in [1.165, 1.54) is 0 Å². The Kier molecular flexibility index (Phi) is 4.37. The molecule has 1 rings (SSSR count). The van der Waals surface area contributed by atoms with Gasteiger partial charge < -0.3 is 15.4 Å². The molecule has 1 aromatic carbocycles. The molecule has 0 radical (unpaired) electrons. The van der Waals surface area contributed by atoms with Crippen LogP contribution in [0.5, 0.6) is 5.75 Å². The summed E-state index contributed by atoms with van der Waals surface area (Å²) in [7, 11) is 1.76. The molecule has 0 aliphatic carbocycles. The molecule has 4 heteroatoms. The van der Waals surface area contributed by atoms with Gasteiger partial charge in [-0.2, -0.15) is 0 Å². The highest BCUT2D eigenvalue weighted by atomic mass is 16.5. The molecular formula is C13H20N2O2. The molecule has 0 fully saturated rings. The van der Waals surface area contributed by atoms with Gasteiger partial charge in [0.1, 0.15) is 5.75 Å². The van der Waals surface area contributed by atoms with Gasteiger partial charge in [-0.25, -0.2) is 0 Å². The van der Waals surface area contributed by atoms with Gasteiger partial charge in [-0.15, -0.1) is 0 Å². The Balaban J connectivity index is 2.73. The zero-order valence-corrected chi connectivity index (χ0v) is 10.9. The van der Waals surface area contributed by atoms with Gasteiger partial charge in [0.25, 0.3) is 5.91 Å². The number of ether oxygens (including phenoxy) is 1. The highest BCUT2D eigenvalue weighted by molar-refractivity contribution is 5.77. The molecule has 17 heavy (non-hydrogen) atoms. The van der Waals surface area contributed by atoms with Crippen molar-refractivity contribution < 1.29 is 9.53 Å². The van der Waals surface area contributed by atoms with Crippen LogP contribution in [0.3, 0.4) is 0 Å². The number of nitrogen functional groups attached to an aromatic ring is 1. The molecule has 0 aliphatic heterocycles. The minimum atomic E-state index is -0.0249. The van der Waals surface area contributed by atoms with Crippen molar-refractivity contribution in [3.63, 3.8) is 0 Å². The van der Waals surface area contributed by atoms with Crippen LogP contribution in [0, 0.1) is 13.8 Å². The molecule has 0 heterocycles. The largest absolute Gasteiger partial charge is 0.483 e. The number of likely N-dealkylation sites (N-methyl/N-ethyl adjacent to an activating group) is 1. The summed E-state index contributed by atoms with van der Waals surface area (Å²) in [5.41, 5.74) is 8.34. The molecule has 0 saturated carbocycles. The van der Waals surface area contributed by atoms with E-state index in [0.29, 0.717) is 12.2 Å². The van der Waals surface area contributed by atoms with Crippen molar-refractivity contribution in [1.82, 2.24) is 4.90 Å². The predicted octanol–water partition coefficient (Wildman–Crippen LogP) is 1.74. The normalized spacial score (nSPS) is 10.1. The Morgan fingerprint density at radius 1 is 1.35 bits per heavy atom. The van der Waals surface area contributed by atoms with Gasteiger partial charge in [0.05, 0.1) is 0 Å². The maximum absolute atomic E-state index is 11.6. The van der Waals surface area contributed by atoms with Crippen molar-refractivity contribution in [1.29, 1.82) is 0 Å². The number of carbonyl (C=O) groups excluding carboxylic acids is 1. The van der Waals surface area contributed by atoms with Crippen LogP contribution in [0.1, 0.15) is 18.1 Å². The minimum Gasteiger partial charge on any atom is -0.483 e. The van der Waals surface area contributed by atoms with Crippen LogP contribution >= 0.6 is 0 Å². The molecule has 0 aliphatic rings. The monoisotopic (exact) mass is 236 g/mol. The number of benzene rings is 1. The number of nitrogens with two attached hydrogens (primary N) is 1. The highest BCUT2D eigenvalue weighted by Gasteiger charge is 2.10. The highest BCUT2D eigenvalue weighted by Crippen LogP contribution is 2.25. The van der Waals surface area contributed by atoms with E-state index < -0.39 is 0 Å². The molecule has 0 spiro atoms. The molecule has 0 aromatic heterocycles. The van der Waals surface area contributed by atoms with Crippen molar-refractivity contribution in [2.24, 2.45) is 0 Å². The van der Waals surface area contributed by atoms with Crippen LogP contribution in [0.4, 0.5) is 5.69 Å². The smallest absolute Gasteiger partial charge is 0.260 e. The average molecular weight is 236 g/mol. The number of hydrogen-bond donors (Lipinski definition) is 1. The maximum Gasteiger partial charge on any atom is 0.260 e. The first-order chi connectivity index (χ1) is 7.95. The molecular weight excluding hydrogens is 216 g/mol. The molecule has 0 saturated heterocycles. The summed E-state index contributed by atoms with van der Waals surface area (Å²) < 4.78 is 5.56. The second kappa shape index (κ2) is 5.57. The lowest BCUT2D eigenvalue weighted by Crippen LogP contribution is -2.31. The van der Waals surface area contributed by atoms with Crippen LogP contribution in [-0.2, 0) is 4.79 Å². The lowest BCUT2D eigenvalue weighted by atomic mass is 10.1. The predicted molar refractivity (Wildman–Crippen MR) is 69.1 cm³/mol. The van der Waals surface area contributed by atoms with Crippen molar-refractivity contribution in [2.45, 2.75) is 20.8 Å². The van der Waals surface area contributed by atoms with Crippen LogP contribution in [0.2, 0.25) is 0 Å². The minimum absolute atomic E-state index is 0.0249. The summed E-state index contributed by atoms with van der Waals surface area (Å²) >= 11 is 0. The Bertz CT molecular complexity index is 393. The van der Waals surface area contributed by atoms with Gasteiger partial charge in [0.15, 0.2) is 6.61 Å². The third-order valence-corrected chi connectivity index (χ3v) is 2.72. The molecule has 1 aromatic rings. The van der Waals surface area contributed by atoms with Crippen molar-refractivity contribution in [2.75, 3.05) is 25.9 Å². The van der Waals surface area contributed by atoms with Gasteiger partial charge >= 0.3 is 0 Å². The van der Waals surface area contributed by atoms with Crippen LogP contribution in [-0.4, -0.2) is 31.0 Å². The molecule has 94 valence electrons. The van der Waals surface area contributed by atoms with Gasteiger partial charge in [-0.1, -0.05) is 0 Å². The molecule has 1 amide bonds. The van der Waals surface area contributed by atoms with E-state index in [-0.39, 0.29) is 12.5 Å². The van der Waals surface area contributed by atoms with Crippen LogP contribution in [0.25, 0.3) is 0 Å².